The van der Waals surface area contributed by atoms with Crippen molar-refractivity contribution in [1.29, 1.82) is 0 Å². The van der Waals surface area contributed by atoms with E-state index in [-0.39, 0.29) is 11.9 Å². The first kappa shape index (κ1) is 13.4. The molecule has 100 valence electrons. The third-order valence-corrected chi connectivity index (χ3v) is 2.95. The summed E-state index contributed by atoms with van der Waals surface area (Å²) in [6.45, 7) is 2.26. The SMILES string of the molecule is Cc1ccc(C(=O)NCCc2nc(N)no2)cc1Cl. The highest BCUT2D eigenvalue weighted by atomic mass is 35.5. The maximum absolute atomic E-state index is 11.8. The van der Waals surface area contributed by atoms with E-state index in [1.165, 1.54) is 0 Å². The van der Waals surface area contributed by atoms with Crippen LogP contribution in [0.25, 0.3) is 0 Å². The zero-order valence-corrected chi connectivity index (χ0v) is 11.1. The molecule has 0 aliphatic rings. The van der Waals surface area contributed by atoms with Gasteiger partial charge in [0.1, 0.15) is 0 Å². The molecule has 7 heteroatoms. The van der Waals surface area contributed by atoms with Crippen LogP contribution in [0.3, 0.4) is 0 Å². The Kier molecular flexibility index (Phi) is 4.01. The molecule has 0 saturated heterocycles. The van der Waals surface area contributed by atoms with E-state index in [9.17, 15) is 4.79 Å². The fourth-order valence-electron chi connectivity index (χ4n) is 1.49. The van der Waals surface area contributed by atoms with Gasteiger partial charge in [-0.3, -0.25) is 4.79 Å². The van der Waals surface area contributed by atoms with E-state index in [1.807, 2.05) is 6.92 Å². The van der Waals surface area contributed by atoms with Crippen LogP contribution < -0.4 is 11.1 Å². The zero-order chi connectivity index (χ0) is 13.8. The largest absolute Gasteiger partial charge is 0.365 e. The molecule has 0 aliphatic carbocycles. The number of nitrogens with two attached hydrogens (primary N) is 1. The van der Waals surface area contributed by atoms with Crippen LogP contribution in [-0.4, -0.2) is 22.6 Å². The van der Waals surface area contributed by atoms with Crippen molar-refractivity contribution in [3.8, 4) is 0 Å². The van der Waals surface area contributed by atoms with Crippen LogP contribution in [0.2, 0.25) is 5.02 Å². The summed E-state index contributed by atoms with van der Waals surface area (Å²) in [6.07, 6.45) is 0.426. The van der Waals surface area contributed by atoms with Gasteiger partial charge >= 0.3 is 0 Å². The van der Waals surface area contributed by atoms with E-state index >= 15 is 0 Å². The second-order valence-corrected chi connectivity index (χ2v) is 4.42. The number of aryl methyl sites for hydroxylation is 1. The average Bonchev–Trinajstić information content (AvgIpc) is 2.78. The number of hydrogen-bond acceptors (Lipinski definition) is 5. The average molecular weight is 281 g/mol. The number of carbonyl (C=O) groups excluding carboxylic acids is 1. The van der Waals surface area contributed by atoms with Gasteiger partial charge in [-0.1, -0.05) is 17.7 Å². The minimum atomic E-state index is -0.200. The van der Waals surface area contributed by atoms with E-state index < -0.39 is 0 Å². The standard InChI is InChI=1S/C12H13ClN4O2/c1-7-2-3-8(6-9(7)13)11(18)15-5-4-10-16-12(14)17-19-10/h2-3,6H,4-5H2,1H3,(H2,14,17)(H,15,18). The number of aromatic nitrogens is 2. The van der Waals surface area contributed by atoms with Gasteiger partial charge in [-0.2, -0.15) is 4.98 Å². The number of rotatable bonds is 4. The predicted molar refractivity (Wildman–Crippen MR) is 70.9 cm³/mol. The molecule has 0 aliphatic heterocycles. The Morgan fingerprint density at radius 2 is 2.32 bits per heavy atom. The number of nitrogens with zero attached hydrogens (tertiary/aromatic N) is 2. The Morgan fingerprint density at radius 3 is 2.95 bits per heavy atom. The topological polar surface area (TPSA) is 94.0 Å². The highest BCUT2D eigenvalue weighted by molar-refractivity contribution is 6.31. The van der Waals surface area contributed by atoms with E-state index in [0.717, 1.165) is 5.56 Å². The minimum absolute atomic E-state index is 0.0895. The maximum Gasteiger partial charge on any atom is 0.260 e. The first-order valence-electron chi connectivity index (χ1n) is 5.68. The van der Waals surface area contributed by atoms with Crippen molar-refractivity contribution in [3.63, 3.8) is 0 Å². The Hall–Kier alpha value is -2.08. The molecular formula is C12H13ClN4O2. The Balaban J connectivity index is 1.89. The highest BCUT2D eigenvalue weighted by Gasteiger charge is 2.08. The highest BCUT2D eigenvalue weighted by Crippen LogP contribution is 2.16. The molecule has 0 unspecified atom stereocenters. The number of amides is 1. The van der Waals surface area contributed by atoms with Crippen LogP contribution in [0.5, 0.6) is 0 Å². The second-order valence-electron chi connectivity index (χ2n) is 4.02. The molecule has 0 radical (unpaired) electrons. The summed E-state index contributed by atoms with van der Waals surface area (Å²) in [6, 6.07) is 5.16. The monoisotopic (exact) mass is 280 g/mol. The lowest BCUT2D eigenvalue weighted by Crippen LogP contribution is -2.25. The summed E-state index contributed by atoms with van der Waals surface area (Å²) in [5, 5.41) is 6.76. The number of benzene rings is 1. The van der Waals surface area contributed by atoms with Crippen molar-refractivity contribution in [2.75, 3.05) is 12.3 Å². The van der Waals surface area contributed by atoms with Crippen LogP contribution in [-0.2, 0) is 6.42 Å². The molecule has 6 nitrogen and oxygen atoms in total. The molecular weight excluding hydrogens is 268 g/mol. The molecule has 0 atom stereocenters. The zero-order valence-electron chi connectivity index (χ0n) is 10.3. The molecule has 19 heavy (non-hydrogen) atoms. The van der Waals surface area contributed by atoms with E-state index in [1.54, 1.807) is 18.2 Å². The second kappa shape index (κ2) is 5.71. The van der Waals surface area contributed by atoms with Crippen LogP contribution in [0.4, 0.5) is 5.95 Å². The third kappa shape index (κ3) is 3.45. The third-order valence-electron chi connectivity index (χ3n) is 2.54. The first-order valence-corrected chi connectivity index (χ1v) is 6.06. The number of halogens is 1. The molecule has 1 heterocycles. The van der Waals surface area contributed by atoms with Gasteiger partial charge in [0.2, 0.25) is 5.89 Å². The van der Waals surface area contributed by atoms with Gasteiger partial charge in [0.05, 0.1) is 0 Å². The molecule has 0 bridgehead atoms. The number of carbonyl (C=O) groups is 1. The summed E-state index contributed by atoms with van der Waals surface area (Å²) in [7, 11) is 0. The van der Waals surface area contributed by atoms with Crippen molar-refractivity contribution in [1.82, 2.24) is 15.5 Å². The van der Waals surface area contributed by atoms with Crippen molar-refractivity contribution >= 4 is 23.5 Å². The molecule has 1 aromatic carbocycles. The normalized spacial score (nSPS) is 10.4. The first-order chi connectivity index (χ1) is 9.06. The molecule has 3 N–H and O–H groups in total. The van der Waals surface area contributed by atoms with E-state index in [2.05, 4.69) is 15.5 Å². The van der Waals surface area contributed by atoms with Gasteiger partial charge < -0.3 is 15.6 Å². The van der Waals surface area contributed by atoms with Crippen LogP contribution in [0.15, 0.2) is 22.7 Å². The fraction of sp³-hybridized carbons (Fsp3) is 0.250. The van der Waals surface area contributed by atoms with Crippen LogP contribution >= 0.6 is 11.6 Å². The Morgan fingerprint density at radius 1 is 1.53 bits per heavy atom. The van der Waals surface area contributed by atoms with Gasteiger partial charge in [-0.15, -0.1) is 0 Å². The van der Waals surface area contributed by atoms with Crippen LogP contribution in [0.1, 0.15) is 21.8 Å². The molecule has 1 amide bonds. The molecule has 1 aromatic heterocycles. The molecule has 0 spiro atoms. The van der Waals surface area contributed by atoms with Gasteiger partial charge in [-0.25, -0.2) is 0 Å². The predicted octanol–water partition coefficient (Wildman–Crippen LogP) is 1.59. The van der Waals surface area contributed by atoms with Crippen molar-refractivity contribution in [3.05, 3.63) is 40.2 Å². The molecule has 0 saturated carbocycles. The number of nitrogens with one attached hydrogen (secondary N) is 1. The summed E-state index contributed by atoms with van der Waals surface area (Å²) in [5.41, 5.74) is 6.76. The smallest absolute Gasteiger partial charge is 0.260 e. The van der Waals surface area contributed by atoms with Crippen molar-refractivity contribution < 1.29 is 9.32 Å². The van der Waals surface area contributed by atoms with Gasteiger partial charge in [0, 0.05) is 23.6 Å². The van der Waals surface area contributed by atoms with E-state index in [0.29, 0.717) is 29.4 Å². The molecule has 2 aromatic rings. The maximum atomic E-state index is 11.8. The fourth-order valence-corrected chi connectivity index (χ4v) is 1.67. The summed E-state index contributed by atoms with van der Waals surface area (Å²) >= 11 is 5.96. The molecule has 2 rings (SSSR count). The Bertz CT molecular complexity index is 597. The van der Waals surface area contributed by atoms with Gasteiger partial charge in [0.25, 0.3) is 11.9 Å². The number of hydrogen-bond donors (Lipinski definition) is 2. The summed E-state index contributed by atoms with van der Waals surface area (Å²) < 4.78 is 4.83. The summed E-state index contributed by atoms with van der Waals surface area (Å²) in [4.78, 5) is 15.7. The van der Waals surface area contributed by atoms with Gasteiger partial charge in [-0.05, 0) is 29.8 Å². The Labute approximate surface area is 114 Å². The van der Waals surface area contributed by atoms with E-state index in [4.69, 9.17) is 21.9 Å². The van der Waals surface area contributed by atoms with Crippen molar-refractivity contribution in [2.45, 2.75) is 13.3 Å². The lowest BCUT2D eigenvalue weighted by Gasteiger charge is -2.05. The van der Waals surface area contributed by atoms with Gasteiger partial charge in [0.15, 0.2) is 0 Å². The van der Waals surface area contributed by atoms with Crippen LogP contribution in [0, 0.1) is 6.92 Å². The lowest BCUT2D eigenvalue weighted by atomic mass is 10.1. The summed E-state index contributed by atoms with van der Waals surface area (Å²) in [5.74, 6) is 0.278. The number of nitrogen functional groups attached to an aromatic ring is 1. The minimum Gasteiger partial charge on any atom is -0.365 e. The molecule has 0 fully saturated rings. The quantitative estimate of drug-likeness (QED) is 0.887. The van der Waals surface area contributed by atoms with Crippen molar-refractivity contribution in [2.24, 2.45) is 0 Å². The lowest BCUT2D eigenvalue weighted by molar-refractivity contribution is 0.0953. The number of anilines is 1.